The zero-order valence-corrected chi connectivity index (χ0v) is 7.70. The van der Waals surface area contributed by atoms with E-state index >= 15 is 0 Å². The molecular formula is C10H18O2. The van der Waals surface area contributed by atoms with Gasteiger partial charge in [-0.15, -0.1) is 0 Å². The van der Waals surface area contributed by atoms with Crippen molar-refractivity contribution < 1.29 is 9.52 Å². The summed E-state index contributed by atoms with van der Waals surface area (Å²) in [5.41, 5.74) is 0. The van der Waals surface area contributed by atoms with Crippen LogP contribution in [0.2, 0.25) is 0 Å². The van der Waals surface area contributed by atoms with Gasteiger partial charge in [-0.3, -0.25) is 0 Å². The Balaban J connectivity index is 0.000000211. The van der Waals surface area contributed by atoms with E-state index in [1.165, 1.54) is 19.3 Å². The average Bonchev–Trinajstić information content (AvgIpc) is 2.62. The Morgan fingerprint density at radius 1 is 1.08 bits per heavy atom. The lowest BCUT2D eigenvalue weighted by Crippen LogP contribution is -1.80. The van der Waals surface area contributed by atoms with E-state index in [0.717, 1.165) is 6.42 Å². The van der Waals surface area contributed by atoms with Crippen LogP contribution in [0.15, 0.2) is 29.1 Å². The van der Waals surface area contributed by atoms with Crippen molar-refractivity contribution in [1.29, 1.82) is 0 Å². The maximum absolute atomic E-state index is 8.29. The van der Waals surface area contributed by atoms with Crippen LogP contribution in [-0.2, 0) is 0 Å². The fourth-order valence-electron chi connectivity index (χ4n) is 0.765. The predicted octanol–water partition coefficient (Wildman–Crippen LogP) is 2.84. The molecule has 2 heteroatoms. The minimum Gasteiger partial charge on any atom is -0.473 e. The van der Waals surface area contributed by atoms with Crippen molar-refractivity contribution in [2.75, 3.05) is 6.61 Å². The lowest BCUT2D eigenvalue weighted by Gasteiger charge is -1.90. The highest BCUT2D eigenvalue weighted by atomic mass is 16.3. The molecule has 0 amide bonds. The second-order valence-electron chi connectivity index (χ2n) is 2.58. The lowest BCUT2D eigenvalue weighted by atomic mass is 10.2. The third-order valence-electron chi connectivity index (χ3n) is 1.44. The van der Waals surface area contributed by atoms with Crippen LogP contribution < -0.4 is 0 Å². The Labute approximate surface area is 74.2 Å². The molecule has 0 aliphatic rings. The van der Waals surface area contributed by atoms with Crippen LogP contribution >= 0.6 is 0 Å². The monoisotopic (exact) mass is 170 g/mol. The van der Waals surface area contributed by atoms with Gasteiger partial charge < -0.3 is 9.52 Å². The summed E-state index contributed by atoms with van der Waals surface area (Å²) >= 11 is 0. The third kappa shape index (κ3) is 9.24. The molecule has 1 aromatic heterocycles. The van der Waals surface area contributed by atoms with Crippen LogP contribution in [0.5, 0.6) is 0 Å². The van der Waals surface area contributed by atoms with Crippen LogP contribution in [0.25, 0.3) is 0 Å². The molecule has 0 saturated carbocycles. The Bertz CT molecular complexity index is 114. The van der Waals surface area contributed by atoms with Crippen LogP contribution in [0.4, 0.5) is 0 Å². The van der Waals surface area contributed by atoms with E-state index < -0.39 is 0 Å². The third-order valence-corrected chi connectivity index (χ3v) is 1.44. The molecule has 0 fully saturated rings. The first kappa shape index (κ1) is 11.2. The molecule has 2 nitrogen and oxygen atoms in total. The summed E-state index contributed by atoms with van der Waals surface area (Å²) in [4.78, 5) is 0. The zero-order chi connectivity index (χ0) is 9.07. The fourth-order valence-corrected chi connectivity index (χ4v) is 0.765. The molecular weight excluding hydrogens is 152 g/mol. The van der Waals surface area contributed by atoms with Crippen LogP contribution in [0.1, 0.15) is 32.6 Å². The number of aliphatic hydroxyl groups is 1. The zero-order valence-electron chi connectivity index (χ0n) is 7.70. The van der Waals surface area contributed by atoms with Crippen molar-refractivity contribution >= 4 is 0 Å². The van der Waals surface area contributed by atoms with Crippen molar-refractivity contribution in [3.63, 3.8) is 0 Å². The van der Waals surface area contributed by atoms with Crippen molar-refractivity contribution in [1.82, 2.24) is 0 Å². The molecule has 1 N–H and O–H groups in total. The van der Waals surface area contributed by atoms with Crippen molar-refractivity contribution in [3.8, 4) is 0 Å². The van der Waals surface area contributed by atoms with Crippen LogP contribution in [-0.4, -0.2) is 11.7 Å². The summed E-state index contributed by atoms with van der Waals surface area (Å²) in [5.74, 6) is 0. The van der Waals surface area contributed by atoms with E-state index in [-0.39, 0.29) is 0 Å². The molecule has 1 aromatic rings. The summed E-state index contributed by atoms with van der Waals surface area (Å²) in [6.45, 7) is 2.53. The minimum atomic E-state index is 0.361. The SMILES string of the molecule is CCCCCCO.c1ccoc1. The van der Waals surface area contributed by atoms with Gasteiger partial charge in [0.15, 0.2) is 0 Å². The average molecular weight is 170 g/mol. The summed E-state index contributed by atoms with van der Waals surface area (Å²) in [6.07, 6.45) is 7.93. The Morgan fingerprint density at radius 2 is 1.75 bits per heavy atom. The molecule has 0 bridgehead atoms. The van der Waals surface area contributed by atoms with Crippen molar-refractivity contribution in [2.45, 2.75) is 32.6 Å². The highest BCUT2D eigenvalue weighted by Crippen LogP contribution is 1.96. The lowest BCUT2D eigenvalue weighted by molar-refractivity contribution is 0.283. The molecule has 0 aromatic carbocycles. The second kappa shape index (κ2) is 10.2. The number of aliphatic hydroxyl groups excluding tert-OH is 1. The molecule has 12 heavy (non-hydrogen) atoms. The molecule has 0 unspecified atom stereocenters. The summed E-state index contributed by atoms with van der Waals surface area (Å²) in [5, 5.41) is 8.29. The number of rotatable bonds is 4. The summed E-state index contributed by atoms with van der Waals surface area (Å²) in [7, 11) is 0. The maximum Gasteiger partial charge on any atom is 0.0902 e. The fraction of sp³-hybridized carbons (Fsp3) is 0.600. The number of unbranched alkanes of at least 4 members (excludes halogenated alkanes) is 3. The first-order valence-corrected chi connectivity index (χ1v) is 4.49. The number of hydrogen-bond donors (Lipinski definition) is 1. The first-order valence-electron chi connectivity index (χ1n) is 4.49. The van der Waals surface area contributed by atoms with E-state index in [9.17, 15) is 0 Å². The van der Waals surface area contributed by atoms with Gasteiger partial charge in [-0.2, -0.15) is 0 Å². The van der Waals surface area contributed by atoms with Gasteiger partial charge in [-0.25, -0.2) is 0 Å². The molecule has 0 saturated heterocycles. The summed E-state index contributed by atoms with van der Waals surface area (Å²) in [6, 6.07) is 3.67. The van der Waals surface area contributed by atoms with Gasteiger partial charge in [0.05, 0.1) is 12.5 Å². The molecule has 70 valence electrons. The highest BCUT2D eigenvalue weighted by Gasteiger charge is 1.80. The molecule has 0 radical (unpaired) electrons. The van der Waals surface area contributed by atoms with Gasteiger partial charge in [-0.1, -0.05) is 26.2 Å². The Kier molecular flexibility index (Phi) is 9.59. The number of hydrogen-bond acceptors (Lipinski definition) is 2. The summed E-state index contributed by atoms with van der Waals surface area (Å²) < 4.78 is 4.58. The topological polar surface area (TPSA) is 33.4 Å². The smallest absolute Gasteiger partial charge is 0.0902 e. The van der Waals surface area contributed by atoms with E-state index in [0.29, 0.717) is 6.61 Å². The second-order valence-corrected chi connectivity index (χ2v) is 2.58. The van der Waals surface area contributed by atoms with Crippen LogP contribution in [0, 0.1) is 0 Å². The molecule has 0 spiro atoms. The van der Waals surface area contributed by atoms with Crippen LogP contribution in [0.3, 0.4) is 0 Å². The predicted molar refractivity (Wildman–Crippen MR) is 49.9 cm³/mol. The Morgan fingerprint density at radius 3 is 2.08 bits per heavy atom. The molecule has 0 aliphatic heterocycles. The van der Waals surface area contributed by atoms with E-state index in [1.807, 2.05) is 12.1 Å². The van der Waals surface area contributed by atoms with Gasteiger partial charge in [0.2, 0.25) is 0 Å². The first-order chi connectivity index (χ1) is 5.91. The quantitative estimate of drug-likeness (QED) is 0.705. The van der Waals surface area contributed by atoms with Crippen molar-refractivity contribution in [3.05, 3.63) is 24.7 Å². The number of furan rings is 1. The molecule has 0 atom stereocenters. The van der Waals surface area contributed by atoms with Gasteiger partial charge >= 0.3 is 0 Å². The minimum absolute atomic E-state index is 0.361. The Hall–Kier alpha value is -0.760. The van der Waals surface area contributed by atoms with E-state index in [1.54, 1.807) is 12.5 Å². The molecule has 1 heterocycles. The van der Waals surface area contributed by atoms with Gasteiger partial charge in [-0.05, 0) is 18.6 Å². The van der Waals surface area contributed by atoms with Crippen molar-refractivity contribution in [2.24, 2.45) is 0 Å². The normalized spacial score (nSPS) is 8.83. The van der Waals surface area contributed by atoms with E-state index in [4.69, 9.17) is 5.11 Å². The standard InChI is InChI=1S/C6H14O.C4H4O/c1-2-3-4-5-6-7;1-2-4-5-3-1/h7H,2-6H2,1H3;1-4H. The highest BCUT2D eigenvalue weighted by molar-refractivity contribution is 4.79. The molecule has 0 aliphatic carbocycles. The largest absolute Gasteiger partial charge is 0.473 e. The maximum atomic E-state index is 8.29. The van der Waals surface area contributed by atoms with Gasteiger partial charge in [0, 0.05) is 6.61 Å². The van der Waals surface area contributed by atoms with Gasteiger partial charge in [0.1, 0.15) is 0 Å². The molecule has 1 rings (SSSR count). The van der Waals surface area contributed by atoms with E-state index in [2.05, 4.69) is 11.3 Å². The van der Waals surface area contributed by atoms with Gasteiger partial charge in [0.25, 0.3) is 0 Å².